The summed E-state index contributed by atoms with van der Waals surface area (Å²) in [4.78, 5) is 8.26. The maximum atomic E-state index is 13.3. The number of benzene rings is 1. The molecule has 3 nitrogen and oxygen atoms in total. The number of pyridine rings is 2. The van der Waals surface area contributed by atoms with Crippen molar-refractivity contribution in [1.82, 2.24) is 9.97 Å². The highest BCUT2D eigenvalue weighted by atomic mass is 19.4. The van der Waals surface area contributed by atoms with Crippen molar-refractivity contribution in [3.63, 3.8) is 0 Å². The minimum atomic E-state index is -4.56. The molecule has 1 aromatic carbocycles. The number of alkyl halides is 3. The van der Waals surface area contributed by atoms with Crippen molar-refractivity contribution in [2.24, 2.45) is 0 Å². The molecule has 107 valence electrons. The standard InChI is InChI=1S/C15H10F3N2O/c1-8-7-19-13-9-5-3-4-6-10(9)20-14(21-2)11(13)12(8)15(16,17)18/h3-7H,1H2,2H3. The van der Waals surface area contributed by atoms with Crippen LogP contribution in [-0.2, 0) is 6.18 Å². The lowest BCUT2D eigenvalue weighted by atomic mass is 10.0. The number of hydrogen-bond acceptors (Lipinski definition) is 3. The molecule has 0 saturated heterocycles. The van der Waals surface area contributed by atoms with Crippen molar-refractivity contribution in [2.75, 3.05) is 7.11 Å². The van der Waals surface area contributed by atoms with Crippen LogP contribution in [0, 0.1) is 6.92 Å². The largest absolute Gasteiger partial charge is 0.480 e. The molecule has 0 saturated carbocycles. The first-order chi connectivity index (χ1) is 9.93. The van der Waals surface area contributed by atoms with E-state index in [2.05, 4.69) is 16.9 Å². The third-order valence-electron chi connectivity index (χ3n) is 3.23. The van der Waals surface area contributed by atoms with Gasteiger partial charge in [0.05, 0.1) is 29.1 Å². The summed E-state index contributed by atoms with van der Waals surface area (Å²) in [6.07, 6.45) is -3.44. The normalized spacial score (nSPS) is 12.0. The van der Waals surface area contributed by atoms with Gasteiger partial charge in [-0.1, -0.05) is 18.2 Å². The fourth-order valence-corrected chi connectivity index (χ4v) is 2.37. The SMILES string of the molecule is [CH2]c1cnc2c(c(OC)nc3ccccc32)c1C(F)(F)F. The number of aromatic nitrogens is 2. The molecular formula is C15H10F3N2O. The highest BCUT2D eigenvalue weighted by Gasteiger charge is 2.36. The average Bonchev–Trinajstić information content (AvgIpc) is 2.44. The zero-order valence-corrected chi connectivity index (χ0v) is 11.0. The average molecular weight is 291 g/mol. The van der Waals surface area contributed by atoms with Gasteiger partial charge in [-0.05, 0) is 18.6 Å². The highest BCUT2D eigenvalue weighted by Crippen LogP contribution is 2.41. The first-order valence-electron chi connectivity index (χ1n) is 6.08. The quantitative estimate of drug-likeness (QED) is 0.636. The van der Waals surface area contributed by atoms with Crippen LogP contribution in [0.25, 0.3) is 21.8 Å². The summed E-state index contributed by atoms with van der Waals surface area (Å²) in [6, 6.07) is 6.86. The molecule has 3 aromatic rings. The summed E-state index contributed by atoms with van der Waals surface area (Å²) in [5.41, 5.74) is -0.329. The van der Waals surface area contributed by atoms with E-state index < -0.39 is 11.7 Å². The van der Waals surface area contributed by atoms with Gasteiger partial charge < -0.3 is 4.74 Å². The predicted octanol–water partition coefficient (Wildman–Crippen LogP) is 3.99. The molecule has 0 bridgehead atoms. The van der Waals surface area contributed by atoms with Crippen LogP contribution >= 0.6 is 0 Å². The lowest BCUT2D eigenvalue weighted by Gasteiger charge is -2.16. The van der Waals surface area contributed by atoms with E-state index in [4.69, 9.17) is 4.74 Å². The minimum absolute atomic E-state index is 0.103. The molecule has 21 heavy (non-hydrogen) atoms. The summed E-state index contributed by atoms with van der Waals surface area (Å²) in [5.74, 6) is -0.103. The maximum Gasteiger partial charge on any atom is 0.417 e. The molecular weight excluding hydrogens is 281 g/mol. The Labute approximate surface area is 118 Å². The number of halogens is 3. The Morgan fingerprint density at radius 1 is 1.19 bits per heavy atom. The van der Waals surface area contributed by atoms with E-state index in [-0.39, 0.29) is 22.3 Å². The van der Waals surface area contributed by atoms with Gasteiger partial charge in [-0.3, -0.25) is 4.98 Å². The van der Waals surface area contributed by atoms with Gasteiger partial charge >= 0.3 is 6.18 Å². The van der Waals surface area contributed by atoms with Crippen LogP contribution in [0.4, 0.5) is 13.2 Å². The fraction of sp³-hybridized carbons (Fsp3) is 0.133. The number of methoxy groups -OCH3 is 1. The van der Waals surface area contributed by atoms with Gasteiger partial charge in [0.2, 0.25) is 5.88 Å². The Bertz CT molecular complexity index is 844. The first-order valence-corrected chi connectivity index (χ1v) is 6.08. The van der Waals surface area contributed by atoms with Gasteiger partial charge in [0.25, 0.3) is 0 Å². The molecule has 0 N–H and O–H groups in total. The lowest BCUT2D eigenvalue weighted by molar-refractivity contribution is -0.136. The summed E-state index contributed by atoms with van der Waals surface area (Å²) in [7, 11) is 1.28. The summed E-state index contributed by atoms with van der Waals surface area (Å²) < 4.78 is 45.1. The van der Waals surface area contributed by atoms with Crippen LogP contribution in [0.5, 0.6) is 5.88 Å². The van der Waals surface area contributed by atoms with Crippen molar-refractivity contribution in [1.29, 1.82) is 0 Å². The number of ether oxygens (including phenoxy) is 1. The van der Waals surface area contributed by atoms with E-state index >= 15 is 0 Å². The predicted molar refractivity (Wildman–Crippen MR) is 73.1 cm³/mol. The Morgan fingerprint density at radius 3 is 2.57 bits per heavy atom. The number of nitrogens with zero attached hydrogens (tertiary/aromatic N) is 2. The van der Waals surface area contributed by atoms with Crippen LogP contribution in [0.15, 0.2) is 30.5 Å². The van der Waals surface area contributed by atoms with E-state index in [0.29, 0.717) is 10.9 Å². The fourth-order valence-electron chi connectivity index (χ4n) is 2.37. The third-order valence-corrected chi connectivity index (χ3v) is 3.23. The molecule has 0 atom stereocenters. The molecule has 6 heteroatoms. The van der Waals surface area contributed by atoms with Crippen LogP contribution in [0.3, 0.4) is 0 Å². The van der Waals surface area contributed by atoms with Crippen LogP contribution < -0.4 is 4.74 Å². The van der Waals surface area contributed by atoms with Crippen molar-refractivity contribution in [2.45, 2.75) is 6.18 Å². The maximum absolute atomic E-state index is 13.3. The van der Waals surface area contributed by atoms with Gasteiger partial charge in [-0.2, -0.15) is 13.2 Å². The summed E-state index contributed by atoms with van der Waals surface area (Å²) >= 11 is 0. The summed E-state index contributed by atoms with van der Waals surface area (Å²) in [6.45, 7) is 3.43. The van der Waals surface area contributed by atoms with E-state index in [1.807, 2.05) is 0 Å². The van der Waals surface area contributed by atoms with Gasteiger partial charge in [-0.25, -0.2) is 4.98 Å². The number of rotatable bonds is 1. The molecule has 0 aliphatic rings. The van der Waals surface area contributed by atoms with Crippen LogP contribution in [-0.4, -0.2) is 17.1 Å². The van der Waals surface area contributed by atoms with Crippen LogP contribution in [0.1, 0.15) is 11.1 Å². The van der Waals surface area contributed by atoms with Crippen molar-refractivity contribution in [3.8, 4) is 5.88 Å². The summed E-state index contributed by atoms with van der Waals surface area (Å²) in [5, 5.41) is 0.384. The number of fused-ring (bicyclic) bond motifs is 3. The van der Waals surface area contributed by atoms with Gasteiger partial charge in [0.15, 0.2) is 0 Å². The molecule has 2 aromatic heterocycles. The van der Waals surface area contributed by atoms with Gasteiger partial charge in [-0.15, -0.1) is 0 Å². The second-order valence-electron chi connectivity index (χ2n) is 4.52. The van der Waals surface area contributed by atoms with E-state index in [1.165, 1.54) is 7.11 Å². The van der Waals surface area contributed by atoms with Crippen LogP contribution in [0.2, 0.25) is 0 Å². The van der Waals surface area contributed by atoms with Crippen molar-refractivity contribution < 1.29 is 17.9 Å². The monoisotopic (exact) mass is 291 g/mol. The lowest BCUT2D eigenvalue weighted by Crippen LogP contribution is -2.10. The molecule has 0 aliphatic heterocycles. The Kier molecular flexibility index (Phi) is 2.97. The molecule has 1 radical (unpaired) electrons. The second-order valence-corrected chi connectivity index (χ2v) is 4.52. The minimum Gasteiger partial charge on any atom is -0.480 e. The third kappa shape index (κ3) is 2.07. The molecule has 3 rings (SSSR count). The Hall–Kier alpha value is -2.37. The number of para-hydroxylation sites is 1. The van der Waals surface area contributed by atoms with Gasteiger partial charge in [0, 0.05) is 11.6 Å². The van der Waals surface area contributed by atoms with E-state index in [1.54, 1.807) is 24.3 Å². The molecule has 0 unspecified atom stereocenters. The molecule has 0 amide bonds. The topological polar surface area (TPSA) is 35.0 Å². The molecule has 0 fully saturated rings. The molecule has 0 aliphatic carbocycles. The van der Waals surface area contributed by atoms with E-state index in [0.717, 1.165) is 6.20 Å². The zero-order valence-electron chi connectivity index (χ0n) is 11.0. The Morgan fingerprint density at radius 2 is 1.90 bits per heavy atom. The Balaban J connectivity index is 2.59. The van der Waals surface area contributed by atoms with E-state index in [9.17, 15) is 13.2 Å². The second kappa shape index (κ2) is 4.58. The first kappa shape index (κ1) is 13.6. The zero-order chi connectivity index (χ0) is 15.2. The number of hydrogen-bond donors (Lipinski definition) is 0. The molecule has 0 spiro atoms. The van der Waals surface area contributed by atoms with Gasteiger partial charge in [0.1, 0.15) is 0 Å². The smallest absolute Gasteiger partial charge is 0.417 e. The molecule has 2 heterocycles. The highest BCUT2D eigenvalue weighted by molar-refractivity contribution is 6.07. The van der Waals surface area contributed by atoms with Crippen molar-refractivity contribution >= 4 is 21.8 Å². The van der Waals surface area contributed by atoms with Crippen molar-refractivity contribution in [3.05, 3.63) is 48.5 Å².